The molecule has 0 spiro atoms. The van der Waals surface area contributed by atoms with Crippen molar-refractivity contribution in [3.63, 3.8) is 0 Å². The number of amides is 1. The summed E-state index contributed by atoms with van der Waals surface area (Å²) in [6.45, 7) is 3.54. The second kappa shape index (κ2) is 7.58. The Morgan fingerprint density at radius 2 is 1.71 bits per heavy atom. The first kappa shape index (κ1) is 18.4. The zero-order valence-corrected chi connectivity index (χ0v) is 15.8. The number of anilines is 2. The van der Waals surface area contributed by atoms with E-state index in [-0.39, 0.29) is 11.6 Å². The molecule has 0 aromatic heterocycles. The van der Waals surface area contributed by atoms with Gasteiger partial charge in [-0.15, -0.1) is 0 Å². The lowest BCUT2D eigenvalue weighted by Gasteiger charge is -2.27. The van der Waals surface area contributed by atoms with E-state index in [2.05, 4.69) is 5.32 Å². The van der Waals surface area contributed by atoms with Crippen molar-refractivity contribution in [2.45, 2.75) is 26.2 Å². The summed E-state index contributed by atoms with van der Waals surface area (Å²) in [5.41, 5.74) is 2.53. The Kier molecular flexibility index (Phi) is 4.99. The number of aryl methyl sites for hydroxylation is 1. The molecule has 0 radical (unpaired) electrons. The van der Waals surface area contributed by atoms with Crippen molar-refractivity contribution in [1.82, 2.24) is 4.90 Å². The van der Waals surface area contributed by atoms with E-state index in [4.69, 9.17) is 0 Å². The highest BCUT2D eigenvalue weighted by Gasteiger charge is 2.21. The average Bonchev–Trinajstić information content (AvgIpc) is 2.70. The first-order valence-electron chi connectivity index (χ1n) is 9.58. The van der Waals surface area contributed by atoms with Gasteiger partial charge in [-0.3, -0.25) is 4.79 Å². The molecule has 28 heavy (non-hydrogen) atoms. The molecule has 1 amide bonds. The van der Waals surface area contributed by atoms with Crippen molar-refractivity contribution >= 4 is 28.1 Å². The van der Waals surface area contributed by atoms with Crippen molar-refractivity contribution in [1.29, 1.82) is 0 Å². The summed E-state index contributed by atoms with van der Waals surface area (Å²) < 4.78 is 27.3. The van der Waals surface area contributed by atoms with Gasteiger partial charge in [0.1, 0.15) is 11.6 Å². The quantitative estimate of drug-likeness (QED) is 0.623. The van der Waals surface area contributed by atoms with Crippen LogP contribution in [0.5, 0.6) is 0 Å². The lowest BCUT2D eigenvalue weighted by molar-refractivity contribution is 0.0726. The van der Waals surface area contributed by atoms with E-state index in [1.807, 2.05) is 30.0 Å². The zero-order valence-electron chi connectivity index (χ0n) is 15.8. The molecule has 4 rings (SSSR count). The zero-order chi connectivity index (χ0) is 19.7. The fraction of sp³-hybridized carbons (Fsp3) is 0.261. The van der Waals surface area contributed by atoms with Crippen molar-refractivity contribution in [2.24, 2.45) is 0 Å². The summed E-state index contributed by atoms with van der Waals surface area (Å²) in [5.74, 6) is -1.24. The highest BCUT2D eigenvalue weighted by Crippen LogP contribution is 2.33. The molecule has 1 aliphatic heterocycles. The molecule has 0 saturated carbocycles. The van der Waals surface area contributed by atoms with Crippen LogP contribution < -0.4 is 5.32 Å². The smallest absolute Gasteiger partial charge is 0.254 e. The first-order chi connectivity index (χ1) is 13.5. The normalized spacial score (nSPS) is 14.3. The number of carbonyl (C=O) groups is 1. The summed E-state index contributed by atoms with van der Waals surface area (Å²) in [6.07, 6.45) is 3.23. The maximum atomic E-state index is 14.1. The van der Waals surface area contributed by atoms with Gasteiger partial charge in [0.15, 0.2) is 0 Å². The number of halogens is 2. The minimum absolute atomic E-state index is 0.0403. The summed E-state index contributed by atoms with van der Waals surface area (Å²) in [4.78, 5) is 15.0. The molecular weight excluding hydrogens is 358 g/mol. The monoisotopic (exact) mass is 380 g/mol. The van der Waals surface area contributed by atoms with E-state index in [0.29, 0.717) is 11.3 Å². The number of benzene rings is 3. The molecule has 0 unspecified atom stereocenters. The molecule has 3 aromatic carbocycles. The molecular formula is C23H22F2N2O. The molecule has 3 aromatic rings. The van der Waals surface area contributed by atoms with E-state index >= 15 is 0 Å². The largest absolute Gasteiger partial charge is 0.353 e. The molecule has 1 saturated heterocycles. The van der Waals surface area contributed by atoms with Crippen LogP contribution in [-0.2, 0) is 0 Å². The van der Waals surface area contributed by atoms with E-state index < -0.39 is 11.6 Å². The molecule has 3 nitrogen and oxygen atoms in total. The predicted molar refractivity (Wildman–Crippen MR) is 108 cm³/mol. The Bertz CT molecular complexity index is 1040. The Morgan fingerprint density at radius 1 is 0.964 bits per heavy atom. The van der Waals surface area contributed by atoms with E-state index in [0.717, 1.165) is 54.8 Å². The molecule has 1 N–H and O–H groups in total. The van der Waals surface area contributed by atoms with Crippen LogP contribution in [-0.4, -0.2) is 23.9 Å². The van der Waals surface area contributed by atoms with Crippen LogP contribution in [0.15, 0.2) is 48.5 Å². The van der Waals surface area contributed by atoms with Crippen molar-refractivity contribution in [3.05, 3.63) is 71.3 Å². The number of fused-ring (bicyclic) bond motifs is 1. The van der Waals surface area contributed by atoms with Crippen molar-refractivity contribution < 1.29 is 13.6 Å². The van der Waals surface area contributed by atoms with Gasteiger partial charge in [0.2, 0.25) is 0 Å². The standard InChI is InChI=1S/C23H22F2N2O/c1-15-6-5-7-17-20(26-21-10-8-16(24)14-19(21)25)11-9-18(22(15)17)23(28)27-12-3-2-4-13-27/h5-11,14,26H,2-4,12-13H2,1H3. The molecule has 144 valence electrons. The van der Waals surface area contributed by atoms with Gasteiger partial charge in [-0.05, 0) is 61.4 Å². The van der Waals surface area contributed by atoms with E-state index in [1.165, 1.54) is 12.1 Å². The second-order valence-corrected chi connectivity index (χ2v) is 7.26. The van der Waals surface area contributed by atoms with Crippen LogP contribution in [0.3, 0.4) is 0 Å². The lowest BCUT2D eigenvalue weighted by atomic mass is 9.97. The molecule has 0 bridgehead atoms. The third-order valence-corrected chi connectivity index (χ3v) is 5.32. The Hall–Kier alpha value is -2.95. The Balaban J connectivity index is 1.78. The van der Waals surface area contributed by atoms with Crippen LogP contribution in [0, 0.1) is 18.6 Å². The van der Waals surface area contributed by atoms with Gasteiger partial charge in [0.25, 0.3) is 5.91 Å². The Morgan fingerprint density at radius 3 is 2.46 bits per heavy atom. The third-order valence-electron chi connectivity index (χ3n) is 5.32. The maximum absolute atomic E-state index is 14.1. The van der Waals surface area contributed by atoms with Gasteiger partial charge in [-0.1, -0.05) is 18.2 Å². The fourth-order valence-corrected chi connectivity index (χ4v) is 3.88. The Labute approximate surface area is 163 Å². The summed E-state index contributed by atoms with van der Waals surface area (Å²) in [5, 5.41) is 4.75. The van der Waals surface area contributed by atoms with Crippen molar-refractivity contribution in [2.75, 3.05) is 18.4 Å². The molecule has 1 heterocycles. The van der Waals surface area contributed by atoms with Crippen LogP contribution >= 0.6 is 0 Å². The van der Waals surface area contributed by atoms with E-state index in [1.54, 1.807) is 12.1 Å². The van der Waals surface area contributed by atoms with Crippen LogP contribution in [0.1, 0.15) is 35.2 Å². The number of nitrogens with one attached hydrogen (secondary N) is 1. The highest BCUT2D eigenvalue weighted by molar-refractivity contribution is 6.11. The van der Waals surface area contributed by atoms with Gasteiger partial charge in [-0.25, -0.2) is 8.78 Å². The molecule has 5 heteroatoms. The molecule has 1 fully saturated rings. The number of hydrogen-bond acceptors (Lipinski definition) is 2. The van der Waals surface area contributed by atoms with Crippen LogP contribution in [0.2, 0.25) is 0 Å². The molecule has 1 aliphatic rings. The number of hydrogen-bond donors (Lipinski definition) is 1. The lowest BCUT2D eigenvalue weighted by Crippen LogP contribution is -2.35. The summed E-state index contributed by atoms with van der Waals surface area (Å²) in [7, 11) is 0. The number of rotatable bonds is 3. The second-order valence-electron chi connectivity index (χ2n) is 7.26. The topological polar surface area (TPSA) is 32.3 Å². The minimum atomic E-state index is -0.658. The van der Waals surface area contributed by atoms with Gasteiger partial charge < -0.3 is 10.2 Å². The third kappa shape index (κ3) is 3.44. The molecule has 0 aliphatic carbocycles. The van der Waals surface area contributed by atoms with Gasteiger partial charge in [0.05, 0.1) is 5.69 Å². The highest BCUT2D eigenvalue weighted by atomic mass is 19.1. The average molecular weight is 380 g/mol. The summed E-state index contributed by atoms with van der Waals surface area (Å²) >= 11 is 0. The van der Waals surface area contributed by atoms with Crippen molar-refractivity contribution in [3.8, 4) is 0 Å². The summed E-state index contributed by atoms with van der Waals surface area (Å²) in [6, 6.07) is 12.8. The van der Waals surface area contributed by atoms with Gasteiger partial charge in [-0.2, -0.15) is 0 Å². The number of nitrogens with zero attached hydrogens (tertiary/aromatic N) is 1. The predicted octanol–water partition coefficient (Wildman–Crippen LogP) is 5.80. The van der Waals surface area contributed by atoms with E-state index in [9.17, 15) is 13.6 Å². The number of likely N-dealkylation sites (tertiary alicyclic amines) is 1. The number of piperidine rings is 1. The SMILES string of the molecule is Cc1cccc2c(Nc3ccc(F)cc3F)ccc(C(=O)N3CCCCC3)c12. The maximum Gasteiger partial charge on any atom is 0.254 e. The number of carbonyl (C=O) groups excluding carboxylic acids is 1. The minimum Gasteiger partial charge on any atom is -0.353 e. The van der Waals surface area contributed by atoms with Gasteiger partial charge >= 0.3 is 0 Å². The molecule has 0 atom stereocenters. The fourth-order valence-electron chi connectivity index (χ4n) is 3.88. The van der Waals surface area contributed by atoms with Crippen LogP contribution in [0.25, 0.3) is 10.8 Å². The van der Waals surface area contributed by atoms with Crippen LogP contribution in [0.4, 0.5) is 20.2 Å². The van der Waals surface area contributed by atoms with Gasteiger partial charge in [0, 0.05) is 35.8 Å². The first-order valence-corrected chi connectivity index (χ1v) is 9.58.